The van der Waals surface area contributed by atoms with Crippen molar-refractivity contribution in [3.05, 3.63) is 52.1 Å². The van der Waals surface area contributed by atoms with Crippen LogP contribution in [0.2, 0.25) is 0 Å². The third-order valence-corrected chi connectivity index (χ3v) is 9.88. The van der Waals surface area contributed by atoms with Gasteiger partial charge in [0.05, 0.1) is 23.4 Å². The summed E-state index contributed by atoms with van der Waals surface area (Å²) in [5.41, 5.74) is 1.47. The lowest BCUT2D eigenvalue weighted by Crippen LogP contribution is -2.51. The summed E-state index contributed by atoms with van der Waals surface area (Å²) in [5, 5.41) is 16.0. The molecular formula is C35H37FN6O3. The van der Waals surface area contributed by atoms with Crippen molar-refractivity contribution in [3.8, 4) is 35.4 Å². The lowest BCUT2D eigenvalue weighted by molar-refractivity contribution is 0.183. The van der Waals surface area contributed by atoms with Crippen LogP contribution in [-0.4, -0.2) is 77.0 Å². The number of hydrogen-bond acceptors (Lipinski definition) is 8. The molecule has 4 aliphatic rings. The number of aromatic hydroxyl groups is 1. The molecule has 4 aromatic rings. The van der Waals surface area contributed by atoms with E-state index in [1.54, 1.807) is 22.8 Å². The number of pyridine rings is 1. The van der Waals surface area contributed by atoms with E-state index in [4.69, 9.17) is 21.1 Å². The fraction of sp³-hybridized carbons (Fsp3) is 0.457. The molecule has 2 aliphatic carbocycles. The van der Waals surface area contributed by atoms with Crippen molar-refractivity contribution in [2.45, 2.75) is 56.7 Å². The van der Waals surface area contributed by atoms with Crippen LogP contribution in [0.5, 0.6) is 11.8 Å². The normalized spacial score (nSPS) is 21.9. The van der Waals surface area contributed by atoms with Gasteiger partial charge in [0.1, 0.15) is 22.8 Å². The summed E-state index contributed by atoms with van der Waals surface area (Å²) in [6, 6.07) is 8.81. The number of aromatic nitrogens is 3. The number of halogens is 1. The summed E-state index contributed by atoms with van der Waals surface area (Å²) >= 11 is 0. The van der Waals surface area contributed by atoms with Crippen molar-refractivity contribution in [3.63, 3.8) is 0 Å². The second kappa shape index (κ2) is 10.4. The van der Waals surface area contributed by atoms with Crippen LogP contribution in [0.1, 0.15) is 50.1 Å². The number of nitrogens with zero attached hydrogens (tertiary/aromatic N) is 5. The zero-order chi connectivity index (χ0) is 31.0. The molecule has 0 radical (unpaired) electrons. The number of rotatable bonds is 8. The van der Waals surface area contributed by atoms with Crippen molar-refractivity contribution in [1.82, 2.24) is 24.8 Å². The number of ether oxygens (including phenoxy) is 1. The zero-order valence-electron chi connectivity index (χ0n) is 25.6. The number of terminal acetylenes is 1. The summed E-state index contributed by atoms with van der Waals surface area (Å²) in [5.74, 6) is 2.58. The van der Waals surface area contributed by atoms with Crippen LogP contribution >= 0.6 is 0 Å². The Hall–Kier alpha value is -4.20. The molecule has 2 saturated carbocycles. The lowest BCUT2D eigenvalue weighted by atomic mass is 9.95. The molecule has 0 spiro atoms. The van der Waals surface area contributed by atoms with Gasteiger partial charge in [-0.2, -0.15) is 9.97 Å². The van der Waals surface area contributed by atoms with Crippen LogP contribution in [0, 0.1) is 23.6 Å². The number of piperazine rings is 1. The molecular weight excluding hydrogens is 571 g/mol. The molecule has 2 aliphatic heterocycles. The standard InChI is InChI=1S/C35H37FN6O3/c1-4-25-27(36)10-5-20-13-24(43)14-26(30(20)25)29-15-28-31(33(44)42(29)23-8-9-23)32(41-16-21-6-7-22(17-41)37-21)39-34(38-28)45-19-35(11-12-35)18-40(2)3/h1,5,10,13-15,21-23,37,43H,6-9,11-12,16-19H2,2-3H3. The Morgan fingerprint density at radius 3 is 2.53 bits per heavy atom. The van der Waals surface area contributed by atoms with Gasteiger partial charge < -0.3 is 29.5 Å². The molecule has 2 unspecified atom stereocenters. The summed E-state index contributed by atoms with van der Waals surface area (Å²) < 4.78 is 23.2. The van der Waals surface area contributed by atoms with Crippen LogP contribution in [0.4, 0.5) is 10.2 Å². The van der Waals surface area contributed by atoms with Crippen LogP contribution in [0.15, 0.2) is 35.1 Å². The first kappa shape index (κ1) is 28.3. The average Bonchev–Trinajstić information content (AvgIpc) is 3.95. The van der Waals surface area contributed by atoms with E-state index in [1.807, 2.05) is 6.07 Å². The van der Waals surface area contributed by atoms with E-state index in [9.17, 15) is 9.90 Å². The Morgan fingerprint density at radius 1 is 1.11 bits per heavy atom. The monoisotopic (exact) mass is 608 g/mol. The first-order valence-corrected chi connectivity index (χ1v) is 15.9. The van der Waals surface area contributed by atoms with Crippen molar-refractivity contribution in [1.29, 1.82) is 0 Å². The van der Waals surface area contributed by atoms with Crippen molar-refractivity contribution in [2.24, 2.45) is 5.41 Å². The highest BCUT2D eigenvalue weighted by Crippen LogP contribution is 2.46. The Balaban J connectivity index is 1.35. The minimum Gasteiger partial charge on any atom is -0.508 e. The van der Waals surface area contributed by atoms with Crippen LogP contribution in [0.3, 0.4) is 0 Å². The molecule has 2 aromatic carbocycles. The van der Waals surface area contributed by atoms with E-state index in [2.05, 4.69) is 35.1 Å². The van der Waals surface area contributed by atoms with Gasteiger partial charge >= 0.3 is 6.01 Å². The summed E-state index contributed by atoms with van der Waals surface area (Å²) in [7, 11) is 4.14. The smallest absolute Gasteiger partial charge is 0.318 e. The molecule has 2 N–H and O–H groups in total. The topological polar surface area (TPSA) is 95.8 Å². The second-order valence-electron chi connectivity index (χ2n) is 13.8. The molecule has 2 atom stereocenters. The fourth-order valence-corrected chi connectivity index (χ4v) is 7.53. The molecule has 2 saturated heterocycles. The van der Waals surface area contributed by atoms with E-state index in [-0.39, 0.29) is 34.3 Å². The predicted molar refractivity (Wildman–Crippen MR) is 172 cm³/mol. The zero-order valence-corrected chi connectivity index (χ0v) is 25.6. The number of phenols is 1. The maximum Gasteiger partial charge on any atom is 0.318 e. The maximum absolute atomic E-state index is 15.0. The number of fused-ring (bicyclic) bond motifs is 4. The van der Waals surface area contributed by atoms with Crippen LogP contribution in [-0.2, 0) is 0 Å². The van der Waals surface area contributed by atoms with Gasteiger partial charge in [-0.05, 0) is 82.3 Å². The SMILES string of the molecule is C#Cc1c(F)ccc2cc(O)cc(-c3cc4nc(OCC5(CN(C)C)CC5)nc(N5CC6CCC(C5)N6)c4c(=O)n3C3CC3)c12. The molecule has 9 nitrogen and oxygen atoms in total. The van der Waals surface area contributed by atoms with Gasteiger partial charge in [-0.25, -0.2) is 4.39 Å². The fourth-order valence-electron chi connectivity index (χ4n) is 7.53. The molecule has 8 rings (SSSR count). The molecule has 4 heterocycles. The van der Waals surface area contributed by atoms with Gasteiger partial charge in [-0.1, -0.05) is 12.0 Å². The average molecular weight is 609 g/mol. The third kappa shape index (κ3) is 4.99. The van der Waals surface area contributed by atoms with Crippen molar-refractivity contribution in [2.75, 3.05) is 45.2 Å². The Bertz CT molecular complexity index is 1950. The molecule has 10 heteroatoms. The molecule has 45 heavy (non-hydrogen) atoms. The number of hydrogen-bond donors (Lipinski definition) is 2. The van der Waals surface area contributed by atoms with Gasteiger partial charge in [0.15, 0.2) is 0 Å². The second-order valence-corrected chi connectivity index (χ2v) is 13.8. The van der Waals surface area contributed by atoms with E-state index >= 15 is 4.39 Å². The van der Waals surface area contributed by atoms with E-state index in [0.29, 0.717) is 57.4 Å². The van der Waals surface area contributed by atoms with Gasteiger partial charge in [0, 0.05) is 54.1 Å². The third-order valence-electron chi connectivity index (χ3n) is 9.88. The highest BCUT2D eigenvalue weighted by Gasteiger charge is 2.44. The van der Waals surface area contributed by atoms with Gasteiger partial charge in [0.2, 0.25) is 0 Å². The minimum atomic E-state index is -0.529. The summed E-state index contributed by atoms with van der Waals surface area (Å²) in [6.07, 6.45) is 11.9. The van der Waals surface area contributed by atoms with E-state index in [0.717, 1.165) is 58.2 Å². The maximum atomic E-state index is 15.0. The van der Waals surface area contributed by atoms with E-state index in [1.165, 1.54) is 6.07 Å². The van der Waals surface area contributed by atoms with Crippen LogP contribution in [0.25, 0.3) is 32.9 Å². The number of phenolic OH excluding ortho intramolecular Hbond substituents is 1. The minimum absolute atomic E-state index is 0.00119. The van der Waals surface area contributed by atoms with Gasteiger partial charge in [-0.3, -0.25) is 4.79 Å². The molecule has 2 aromatic heterocycles. The summed E-state index contributed by atoms with van der Waals surface area (Å²) in [6.45, 7) is 2.92. The summed E-state index contributed by atoms with van der Waals surface area (Å²) in [4.78, 5) is 28.8. The molecule has 0 amide bonds. The van der Waals surface area contributed by atoms with E-state index < -0.39 is 5.82 Å². The number of anilines is 1. The Morgan fingerprint density at radius 2 is 1.87 bits per heavy atom. The first-order chi connectivity index (χ1) is 21.7. The van der Waals surface area contributed by atoms with Gasteiger partial charge in [-0.15, -0.1) is 6.42 Å². The quantitative estimate of drug-likeness (QED) is 0.284. The van der Waals surface area contributed by atoms with Crippen molar-refractivity contribution < 1.29 is 14.2 Å². The Kier molecular flexibility index (Phi) is 6.55. The Labute approximate surface area is 261 Å². The number of benzene rings is 2. The van der Waals surface area contributed by atoms with Crippen LogP contribution < -0.4 is 20.5 Å². The first-order valence-electron chi connectivity index (χ1n) is 15.9. The predicted octanol–water partition coefficient (Wildman–Crippen LogP) is 4.43. The molecule has 2 bridgehead atoms. The van der Waals surface area contributed by atoms with Crippen molar-refractivity contribution >= 4 is 27.5 Å². The van der Waals surface area contributed by atoms with Gasteiger partial charge in [0.25, 0.3) is 5.56 Å². The highest BCUT2D eigenvalue weighted by atomic mass is 19.1. The lowest BCUT2D eigenvalue weighted by Gasteiger charge is -2.34. The largest absolute Gasteiger partial charge is 0.508 e. The molecule has 232 valence electrons. The molecule has 4 fully saturated rings. The highest BCUT2D eigenvalue weighted by molar-refractivity contribution is 6.03. The number of nitrogens with one attached hydrogen (secondary N) is 1.